The van der Waals surface area contributed by atoms with Gasteiger partial charge in [-0.05, 0) is 29.8 Å². The molecule has 1 atom stereocenters. The van der Waals surface area contributed by atoms with Crippen molar-refractivity contribution in [2.45, 2.75) is 13.0 Å². The molecule has 0 radical (unpaired) electrons. The Morgan fingerprint density at radius 2 is 2.04 bits per heavy atom. The Morgan fingerprint density at radius 3 is 2.70 bits per heavy atom. The molecule has 118 valence electrons. The van der Waals surface area contributed by atoms with E-state index < -0.39 is 5.97 Å². The fraction of sp³-hybridized carbons (Fsp3) is 0.176. The smallest absolute Gasteiger partial charge is 0.339 e. The minimum absolute atomic E-state index is 0.00547. The fourth-order valence-corrected chi connectivity index (χ4v) is 2.21. The molecule has 2 aromatic rings. The molecular weight excluding hydrogens is 298 g/mol. The Kier molecular flexibility index (Phi) is 3.99. The number of aromatic carboxylic acids is 1. The number of carbonyl (C=O) groups is 2. The van der Waals surface area contributed by atoms with Crippen LogP contribution in [0.1, 0.15) is 28.9 Å². The number of benzene rings is 2. The molecule has 0 spiro atoms. The summed E-state index contributed by atoms with van der Waals surface area (Å²) in [4.78, 5) is 22.5. The highest BCUT2D eigenvalue weighted by Gasteiger charge is 2.26. The van der Waals surface area contributed by atoms with Crippen LogP contribution in [0.3, 0.4) is 0 Å². The van der Waals surface area contributed by atoms with Crippen molar-refractivity contribution in [1.82, 2.24) is 0 Å². The van der Waals surface area contributed by atoms with Crippen molar-refractivity contribution >= 4 is 17.6 Å². The molecule has 0 bridgehead atoms. The fourth-order valence-electron chi connectivity index (χ4n) is 2.21. The van der Waals surface area contributed by atoms with Gasteiger partial charge in [0.05, 0.1) is 6.61 Å². The number of carboxylic acid groups (broad SMARTS) is 1. The Morgan fingerprint density at radius 1 is 1.26 bits per heavy atom. The van der Waals surface area contributed by atoms with Crippen LogP contribution in [-0.2, 0) is 9.53 Å². The Balaban J connectivity index is 1.90. The van der Waals surface area contributed by atoms with E-state index >= 15 is 0 Å². The maximum absolute atomic E-state index is 11.4. The highest BCUT2D eigenvalue weighted by atomic mass is 16.6. The van der Waals surface area contributed by atoms with Crippen molar-refractivity contribution in [1.29, 1.82) is 0 Å². The molecule has 1 fully saturated rings. The lowest BCUT2D eigenvalue weighted by molar-refractivity contribution is -0.114. The molecule has 2 N–H and O–H groups in total. The third kappa shape index (κ3) is 3.67. The molecular formula is C17H15NO5. The SMILES string of the molecule is CC(=O)Nc1cccc(Oc2cc(C3CO3)ccc2C(=O)O)c1. The van der Waals surface area contributed by atoms with Crippen LogP contribution in [0.25, 0.3) is 0 Å². The van der Waals surface area contributed by atoms with Gasteiger partial charge >= 0.3 is 5.97 Å². The van der Waals surface area contributed by atoms with Gasteiger partial charge in [-0.25, -0.2) is 4.79 Å². The summed E-state index contributed by atoms with van der Waals surface area (Å²) in [5, 5.41) is 11.9. The third-order valence-corrected chi connectivity index (χ3v) is 3.32. The number of ether oxygens (including phenoxy) is 2. The number of epoxide rings is 1. The molecule has 0 aromatic heterocycles. The Bertz CT molecular complexity index is 767. The van der Waals surface area contributed by atoms with Crippen LogP contribution in [0.2, 0.25) is 0 Å². The van der Waals surface area contributed by atoms with Crippen LogP contribution in [0.4, 0.5) is 5.69 Å². The lowest BCUT2D eigenvalue weighted by atomic mass is 10.1. The van der Waals surface area contributed by atoms with Gasteiger partial charge < -0.3 is 19.9 Å². The number of hydrogen-bond donors (Lipinski definition) is 2. The zero-order valence-corrected chi connectivity index (χ0v) is 12.4. The molecule has 0 saturated carbocycles. The highest BCUT2D eigenvalue weighted by Crippen LogP contribution is 2.35. The molecule has 1 unspecified atom stereocenters. The summed E-state index contributed by atoms with van der Waals surface area (Å²) < 4.78 is 10.9. The van der Waals surface area contributed by atoms with Gasteiger partial charge in [-0.1, -0.05) is 12.1 Å². The minimum atomic E-state index is -1.07. The summed E-state index contributed by atoms with van der Waals surface area (Å²) in [7, 11) is 0. The summed E-state index contributed by atoms with van der Waals surface area (Å²) in [6, 6.07) is 11.7. The number of anilines is 1. The molecule has 1 saturated heterocycles. The zero-order valence-electron chi connectivity index (χ0n) is 12.4. The van der Waals surface area contributed by atoms with E-state index in [-0.39, 0.29) is 23.3 Å². The van der Waals surface area contributed by atoms with Gasteiger partial charge in [-0.15, -0.1) is 0 Å². The van der Waals surface area contributed by atoms with Crippen LogP contribution in [0.5, 0.6) is 11.5 Å². The Labute approximate surface area is 132 Å². The number of amides is 1. The highest BCUT2D eigenvalue weighted by molar-refractivity contribution is 5.91. The maximum Gasteiger partial charge on any atom is 0.339 e. The summed E-state index contributed by atoms with van der Waals surface area (Å²) >= 11 is 0. The van der Waals surface area contributed by atoms with Crippen molar-refractivity contribution in [3.63, 3.8) is 0 Å². The molecule has 2 aromatic carbocycles. The number of carboxylic acids is 1. The van der Waals surface area contributed by atoms with E-state index in [9.17, 15) is 14.7 Å². The first-order chi connectivity index (χ1) is 11.0. The number of hydrogen-bond acceptors (Lipinski definition) is 4. The molecule has 1 amide bonds. The normalized spacial score (nSPS) is 15.8. The summed E-state index contributed by atoms with van der Waals surface area (Å²) in [6.07, 6.45) is 0.00547. The second kappa shape index (κ2) is 6.10. The molecule has 6 nitrogen and oxygen atoms in total. The van der Waals surface area contributed by atoms with Gasteiger partial charge in [0.15, 0.2) is 0 Å². The minimum Gasteiger partial charge on any atom is -0.478 e. The van der Waals surface area contributed by atoms with E-state index in [1.165, 1.54) is 13.0 Å². The molecule has 0 aliphatic carbocycles. The average Bonchev–Trinajstić information content (AvgIpc) is 3.31. The molecule has 1 aliphatic heterocycles. The van der Waals surface area contributed by atoms with Crippen molar-refractivity contribution in [2.75, 3.05) is 11.9 Å². The Hall–Kier alpha value is -2.86. The van der Waals surface area contributed by atoms with Crippen LogP contribution in [-0.4, -0.2) is 23.6 Å². The van der Waals surface area contributed by atoms with Crippen molar-refractivity contribution in [2.24, 2.45) is 0 Å². The van der Waals surface area contributed by atoms with Crippen molar-refractivity contribution in [3.05, 3.63) is 53.6 Å². The average molecular weight is 313 g/mol. The number of carbonyl (C=O) groups excluding carboxylic acids is 1. The van der Waals surface area contributed by atoms with Gasteiger partial charge in [0.1, 0.15) is 23.2 Å². The summed E-state index contributed by atoms with van der Waals surface area (Å²) in [5.41, 5.74) is 1.52. The molecule has 23 heavy (non-hydrogen) atoms. The van der Waals surface area contributed by atoms with E-state index in [1.54, 1.807) is 36.4 Å². The van der Waals surface area contributed by atoms with E-state index in [4.69, 9.17) is 9.47 Å². The second-order valence-corrected chi connectivity index (χ2v) is 5.19. The van der Waals surface area contributed by atoms with E-state index in [0.29, 0.717) is 18.0 Å². The maximum atomic E-state index is 11.4. The molecule has 1 heterocycles. The van der Waals surface area contributed by atoms with Crippen molar-refractivity contribution in [3.8, 4) is 11.5 Å². The summed E-state index contributed by atoms with van der Waals surface area (Å²) in [5.74, 6) is -0.583. The standard InChI is InChI=1S/C17H15NO5/c1-10(19)18-12-3-2-4-13(8-12)23-15-7-11(16-9-22-16)5-6-14(15)17(20)21/h2-8,16H,9H2,1H3,(H,18,19)(H,20,21). The van der Waals surface area contributed by atoms with E-state index in [0.717, 1.165) is 5.56 Å². The van der Waals surface area contributed by atoms with Crippen LogP contribution in [0.15, 0.2) is 42.5 Å². The van der Waals surface area contributed by atoms with Gasteiger partial charge in [0, 0.05) is 18.7 Å². The van der Waals surface area contributed by atoms with Gasteiger partial charge in [0.25, 0.3) is 0 Å². The molecule has 6 heteroatoms. The summed E-state index contributed by atoms with van der Waals surface area (Å²) in [6.45, 7) is 2.04. The van der Waals surface area contributed by atoms with Crippen molar-refractivity contribution < 1.29 is 24.2 Å². The zero-order chi connectivity index (χ0) is 16.4. The van der Waals surface area contributed by atoms with Crippen LogP contribution < -0.4 is 10.1 Å². The predicted octanol–water partition coefficient (Wildman–Crippen LogP) is 3.21. The predicted molar refractivity (Wildman–Crippen MR) is 82.9 cm³/mol. The van der Waals surface area contributed by atoms with E-state index in [2.05, 4.69) is 5.32 Å². The van der Waals surface area contributed by atoms with Gasteiger partial charge in [-0.3, -0.25) is 4.79 Å². The lowest BCUT2D eigenvalue weighted by Crippen LogP contribution is -2.05. The number of rotatable bonds is 5. The second-order valence-electron chi connectivity index (χ2n) is 5.19. The number of nitrogens with one attached hydrogen (secondary N) is 1. The quantitative estimate of drug-likeness (QED) is 0.828. The monoisotopic (exact) mass is 313 g/mol. The first-order valence-corrected chi connectivity index (χ1v) is 7.07. The molecule has 3 rings (SSSR count). The van der Waals surface area contributed by atoms with Crippen LogP contribution >= 0.6 is 0 Å². The first kappa shape index (κ1) is 15.1. The largest absolute Gasteiger partial charge is 0.478 e. The topological polar surface area (TPSA) is 88.2 Å². The molecule has 1 aliphatic rings. The lowest BCUT2D eigenvalue weighted by Gasteiger charge is -2.11. The van der Waals surface area contributed by atoms with E-state index in [1.807, 2.05) is 0 Å². The van der Waals surface area contributed by atoms with Gasteiger partial charge in [-0.2, -0.15) is 0 Å². The third-order valence-electron chi connectivity index (χ3n) is 3.32. The van der Waals surface area contributed by atoms with Crippen LogP contribution in [0, 0.1) is 0 Å². The first-order valence-electron chi connectivity index (χ1n) is 7.07. The van der Waals surface area contributed by atoms with Gasteiger partial charge in [0.2, 0.25) is 5.91 Å².